The molecule has 0 saturated heterocycles. The summed E-state index contributed by atoms with van der Waals surface area (Å²) in [6.07, 6.45) is 8.90. The summed E-state index contributed by atoms with van der Waals surface area (Å²) in [4.78, 5) is 12.9. The van der Waals surface area contributed by atoms with Crippen LogP contribution in [-0.2, 0) is 11.3 Å². The van der Waals surface area contributed by atoms with Crippen LogP contribution in [0.1, 0.15) is 50.5 Å². The van der Waals surface area contributed by atoms with Crippen molar-refractivity contribution in [3.63, 3.8) is 0 Å². The van der Waals surface area contributed by atoms with Crippen LogP contribution in [0.25, 0.3) is 0 Å². The summed E-state index contributed by atoms with van der Waals surface area (Å²) in [6, 6.07) is 10.3. The van der Waals surface area contributed by atoms with Gasteiger partial charge < -0.3 is 5.32 Å². The van der Waals surface area contributed by atoms with Crippen LogP contribution in [0.4, 0.5) is 0 Å². The van der Waals surface area contributed by atoms with E-state index in [1.165, 1.54) is 31.2 Å². The highest BCUT2D eigenvalue weighted by molar-refractivity contribution is 5.82. The normalized spacial score (nSPS) is 37.2. The molecule has 1 aromatic rings. The molecule has 1 amide bonds. The third kappa shape index (κ3) is 2.49. The minimum Gasteiger partial charge on any atom is -0.352 e. The molecule has 1 N–H and O–H groups in total. The molecule has 4 fully saturated rings. The summed E-state index contributed by atoms with van der Waals surface area (Å²) >= 11 is 0. The number of rotatable bonds is 3. The van der Waals surface area contributed by atoms with E-state index in [0.29, 0.717) is 12.5 Å². The van der Waals surface area contributed by atoms with Crippen LogP contribution in [0, 0.1) is 23.2 Å². The number of carbonyl (C=O) groups excluding carboxylic acids is 1. The van der Waals surface area contributed by atoms with Gasteiger partial charge in [-0.3, -0.25) is 4.79 Å². The Morgan fingerprint density at radius 2 is 1.71 bits per heavy atom. The molecule has 21 heavy (non-hydrogen) atoms. The summed E-state index contributed by atoms with van der Waals surface area (Å²) < 4.78 is 0. The predicted molar refractivity (Wildman–Crippen MR) is 83.5 cm³/mol. The molecule has 5 rings (SSSR count). The maximum Gasteiger partial charge on any atom is 0.226 e. The third-order valence-electron chi connectivity index (χ3n) is 6.17. The Kier molecular flexibility index (Phi) is 3.28. The molecule has 0 spiro atoms. The van der Waals surface area contributed by atoms with Gasteiger partial charge in [0.2, 0.25) is 5.91 Å². The molecule has 4 saturated carbocycles. The zero-order valence-corrected chi connectivity index (χ0v) is 12.7. The molecule has 2 heteroatoms. The SMILES string of the molecule is O=C(NCc1ccccc1)C12CCC3C[C@@H](C[C@H](C3)C1)C2. The Labute approximate surface area is 127 Å². The molecule has 2 nitrogen and oxygen atoms in total. The fourth-order valence-corrected chi connectivity index (χ4v) is 5.41. The number of nitrogens with one attached hydrogen (secondary N) is 1. The topological polar surface area (TPSA) is 29.1 Å². The summed E-state index contributed by atoms with van der Waals surface area (Å²) in [7, 11) is 0. The molecule has 2 atom stereocenters. The third-order valence-corrected chi connectivity index (χ3v) is 6.17. The molecule has 4 bridgehead atoms. The van der Waals surface area contributed by atoms with E-state index in [9.17, 15) is 4.79 Å². The quantitative estimate of drug-likeness (QED) is 0.895. The van der Waals surface area contributed by atoms with Gasteiger partial charge in [0.05, 0.1) is 0 Å². The van der Waals surface area contributed by atoms with E-state index in [0.717, 1.165) is 37.0 Å². The molecule has 4 aliphatic rings. The number of hydrogen-bond donors (Lipinski definition) is 1. The minimum atomic E-state index is -0.0341. The second kappa shape index (κ2) is 5.15. The zero-order valence-electron chi connectivity index (χ0n) is 12.7. The molecule has 1 aromatic carbocycles. The van der Waals surface area contributed by atoms with E-state index >= 15 is 0 Å². The van der Waals surface area contributed by atoms with Gasteiger partial charge in [-0.1, -0.05) is 30.3 Å². The monoisotopic (exact) mass is 283 g/mol. The molecular formula is C19H25NO. The molecule has 0 aromatic heterocycles. The van der Waals surface area contributed by atoms with Crippen LogP contribution >= 0.6 is 0 Å². The van der Waals surface area contributed by atoms with E-state index in [1.54, 1.807) is 0 Å². The number of fused-ring (bicyclic) bond motifs is 1. The Morgan fingerprint density at radius 1 is 1.05 bits per heavy atom. The number of carbonyl (C=O) groups is 1. The average molecular weight is 283 g/mol. The molecule has 0 heterocycles. The van der Waals surface area contributed by atoms with E-state index in [1.807, 2.05) is 18.2 Å². The molecule has 0 aliphatic heterocycles. The van der Waals surface area contributed by atoms with Crippen LogP contribution in [-0.4, -0.2) is 5.91 Å². The lowest BCUT2D eigenvalue weighted by molar-refractivity contribution is -0.135. The first-order valence-electron chi connectivity index (χ1n) is 8.56. The number of amides is 1. The highest BCUT2D eigenvalue weighted by Gasteiger charge is 2.51. The highest BCUT2D eigenvalue weighted by atomic mass is 16.2. The van der Waals surface area contributed by atoms with Gasteiger partial charge in [-0.25, -0.2) is 0 Å². The molecule has 4 aliphatic carbocycles. The lowest BCUT2D eigenvalue weighted by Crippen LogP contribution is -2.45. The Hall–Kier alpha value is -1.31. The minimum absolute atomic E-state index is 0.0341. The lowest BCUT2D eigenvalue weighted by atomic mass is 9.61. The Morgan fingerprint density at radius 3 is 2.43 bits per heavy atom. The largest absolute Gasteiger partial charge is 0.352 e. The van der Waals surface area contributed by atoms with Gasteiger partial charge in [-0.2, -0.15) is 0 Å². The van der Waals surface area contributed by atoms with Gasteiger partial charge in [0.25, 0.3) is 0 Å². The van der Waals surface area contributed by atoms with Crippen molar-refractivity contribution >= 4 is 5.91 Å². The molecular weight excluding hydrogens is 258 g/mol. The maximum atomic E-state index is 12.9. The summed E-state index contributed by atoms with van der Waals surface area (Å²) in [5.41, 5.74) is 1.17. The zero-order chi connectivity index (χ0) is 14.3. The second-order valence-corrected chi connectivity index (χ2v) is 7.70. The van der Waals surface area contributed by atoms with Crippen LogP contribution in [0.5, 0.6) is 0 Å². The first-order valence-corrected chi connectivity index (χ1v) is 8.56. The number of benzene rings is 1. The van der Waals surface area contributed by atoms with Crippen molar-refractivity contribution in [1.82, 2.24) is 5.32 Å². The van der Waals surface area contributed by atoms with E-state index < -0.39 is 0 Å². The van der Waals surface area contributed by atoms with Crippen molar-refractivity contribution < 1.29 is 4.79 Å². The van der Waals surface area contributed by atoms with E-state index in [4.69, 9.17) is 0 Å². The molecule has 112 valence electrons. The van der Waals surface area contributed by atoms with Gasteiger partial charge in [-0.15, -0.1) is 0 Å². The fourth-order valence-electron chi connectivity index (χ4n) is 5.41. The summed E-state index contributed by atoms with van der Waals surface area (Å²) in [5.74, 6) is 2.91. The van der Waals surface area contributed by atoms with Crippen molar-refractivity contribution in [3.8, 4) is 0 Å². The van der Waals surface area contributed by atoms with Crippen LogP contribution < -0.4 is 5.32 Å². The summed E-state index contributed by atoms with van der Waals surface area (Å²) in [5, 5.41) is 3.24. The standard InChI is InChI=1S/C19H25NO/c21-18(20-13-14-4-2-1-3-5-14)19-7-6-15-8-16(11-19)10-17(9-15)12-19/h1-5,15-17H,6-13H2,(H,20,21)/t15?,16-,17-,19?/m0/s1. The first-order chi connectivity index (χ1) is 10.2. The predicted octanol–water partition coefficient (Wildman–Crippen LogP) is 3.91. The van der Waals surface area contributed by atoms with Gasteiger partial charge in [-0.05, 0) is 68.3 Å². The maximum absolute atomic E-state index is 12.9. The smallest absolute Gasteiger partial charge is 0.226 e. The van der Waals surface area contributed by atoms with Gasteiger partial charge in [0, 0.05) is 12.0 Å². The van der Waals surface area contributed by atoms with Gasteiger partial charge in [0.15, 0.2) is 0 Å². The Balaban J connectivity index is 1.48. The van der Waals surface area contributed by atoms with E-state index in [-0.39, 0.29) is 5.41 Å². The second-order valence-electron chi connectivity index (χ2n) is 7.70. The fraction of sp³-hybridized carbons (Fsp3) is 0.632. The van der Waals surface area contributed by atoms with Crippen LogP contribution in [0.3, 0.4) is 0 Å². The number of hydrogen-bond acceptors (Lipinski definition) is 1. The molecule has 0 unspecified atom stereocenters. The van der Waals surface area contributed by atoms with Gasteiger partial charge >= 0.3 is 0 Å². The van der Waals surface area contributed by atoms with Crippen molar-refractivity contribution in [2.24, 2.45) is 23.2 Å². The van der Waals surface area contributed by atoms with E-state index in [2.05, 4.69) is 17.4 Å². The molecule has 0 radical (unpaired) electrons. The van der Waals surface area contributed by atoms with Crippen LogP contribution in [0.15, 0.2) is 30.3 Å². The first kappa shape index (κ1) is 13.4. The van der Waals surface area contributed by atoms with Crippen molar-refractivity contribution in [3.05, 3.63) is 35.9 Å². The van der Waals surface area contributed by atoms with Crippen molar-refractivity contribution in [2.45, 2.75) is 51.5 Å². The van der Waals surface area contributed by atoms with Gasteiger partial charge in [0.1, 0.15) is 0 Å². The highest BCUT2D eigenvalue weighted by Crippen LogP contribution is 2.57. The van der Waals surface area contributed by atoms with Crippen LogP contribution in [0.2, 0.25) is 0 Å². The van der Waals surface area contributed by atoms with Crippen molar-refractivity contribution in [2.75, 3.05) is 0 Å². The lowest BCUT2D eigenvalue weighted by Gasteiger charge is -2.44. The Bertz CT molecular complexity index is 510. The van der Waals surface area contributed by atoms with Crippen molar-refractivity contribution in [1.29, 1.82) is 0 Å². The summed E-state index contributed by atoms with van der Waals surface area (Å²) in [6.45, 7) is 0.681. The average Bonchev–Trinajstić information content (AvgIpc) is 2.71.